The molecule has 5 rings (SSSR count). The van der Waals surface area contributed by atoms with E-state index in [1.54, 1.807) is 17.8 Å². The molecule has 4 aromatic heterocycles. The number of ether oxygens (including phenoxy) is 2. The van der Waals surface area contributed by atoms with Crippen molar-refractivity contribution in [1.29, 1.82) is 0 Å². The molecular formula is C27H22ClF3N6O3. The van der Waals surface area contributed by atoms with E-state index in [9.17, 15) is 18.0 Å². The van der Waals surface area contributed by atoms with Gasteiger partial charge in [-0.25, -0.2) is 14.6 Å². The van der Waals surface area contributed by atoms with Crippen LogP contribution < -0.4 is 15.0 Å². The standard InChI is InChI=1S/C27H22ClF3N6O3/c1-15-9-18(24-33-14-34-36(24)2)17-10-16(6-7-23(17)35-15)40-13-20-19(25(39-3)32-11-22(20)28)12-37-8-4-5-21(26(37)38)27(29,30)31/h4-11,14H,12-13H2,1-3H3. The van der Waals surface area contributed by atoms with Gasteiger partial charge in [-0.15, -0.1) is 0 Å². The van der Waals surface area contributed by atoms with Gasteiger partial charge in [-0.05, 0) is 43.3 Å². The van der Waals surface area contributed by atoms with Gasteiger partial charge in [0.25, 0.3) is 5.56 Å². The lowest BCUT2D eigenvalue weighted by molar-refractivity contribution is -0.138. The van der Waals surface area contributed by atoms with E-state index >= 15 is 0 Å². The summed E-state index contributed by atoms with van der Waals surface area (Å²) in [7, 11) is 3.16. The van der Waals surface area contributed by atoms with E-state index in [0.29, 0.717) is 22.7 Å². The zero-order chi connectivity index (χ0) is 28.6. The van der Waals surface area contributed by atoms with Crippen molar-refractivity contribution in [2.75, 3.05) is 7.11 Å². The molecule has 0 radical (unpaired) electrons. The third-order valence-corrected chi connectivity index (χ3v) is 6.62. The van der Waals surface area contributed by atoms with Crippen molar-refractivity contribution < 1.29 is 22.6 Å². The molecule has 0 amide bonds. The van der Waals surface area contributed by atoms with Crippen LogP contribution in [-0.4, -0.2) is 36.4 Å². The molecule has 0 bridgehead atoms. The van der Waals surface area contributed by atoms with Crippen molar-refractivity contribution >= 4 is 22.5 Å². The van der Waals surface area contributed by atoms with Crippen molar-refractivity contribution in [3.8, 4) is 23.0 Å². The van der Waals surface area contributed by atoms with Crippen LogP contribution in [0.3, 0.4) is 0 Å². The molecule has 13 heteroatoms. The predicted molar refractivity (Wildman–Crippen MR) is 141 cm³/mol. The Kier molecular flexibility index (Phi) is 7.19. The Bertz CT molecular complexity index is 1780. The first kappa shape index (κ1) is 27.1. The topological polar surface area (TPSA) is 97.0 Å². The van der Waals surface area contributed by atoms with Crippen LogP contribution in [0.2, 0.25) is 5.02 Å². The molecule has 40 heavy (non-hydrogen) atoms. The second kappa shape index (κ2) is 10.6. The lowest BCUT2D eigenvalue weighted by Gasteiger charge is -2.17. The van der Waals surface area contributed by atoms with Gasteiger partial charge >= 0.3 is 6.18 Å². The molecule has 4 heterocycles. The first-order chi connectivity index (χ1) is 19.1. The second-order valence-corrected chi connectivity index (χ2v) is 9.32. The fourth-order valence-corrected chi connectivity index (χ4v) is 4.61. The molecule has 206 valence electrons. The van der Waals surface area contributed by atoms with E-state index in [2.05, 4.69) is 20.1 Å². The monoisotopic (exact) mass is 570 g/mol. The van der Waals surface area contributed by atoms with Gasteiger partial charge in [0.1, 0.15) is 24.2 Å². The highest BCUT2D eigenvalue weighted by Crippen LogP contribution is 2.32. The van der Waals surface area contributed by atoms with Gasteiger partial charge in [0.15, 0.2) is 5.82 Å². The summed E-state index contributed by atoms with van der Waals surface area (Å²) >= 11 is 6.46. The number of hydrogen-bond acceptors (Lipinski definition) is 7. The number of benzene rings is 1. The molecule has 0 aliphatic rings. The van der Waals surface area contributed by atoms with Crippen LogP contribution in [0.1, 0.15) is 22.4 Å². The van der Waals surface area contributed by atoms with Gasteiger partial charge < -0.3 is 14.0 Å². The smallest absolute Gasteiger partial charge is 0.421 e. The summed E-state index contributed by atoms with van der Waals surface area (Å²) in [6, 6.07) is 9.18. The van der Waals surface area contributed by atoms with E-state index in [0.717, 1.165) is 38.9 Å². The van der Waals surface area contributed by atoms with Crippen LogP contribution in [0.15, 0.2) is 59.9 Å². The summed E-state index contributed by atoms with van der Waals surface area (Å²) in [5, 5.41) is 5.15. The molecule has 9 nitrogen and oxygen atoms in total. The number of alkyl halides is 3. The first-order valence-electron chi connectivity index (χ1n) is 11.9. The molecule has 0 unspecified atom stereocenters. The Labute approximate surface area is 230 Å². The quantitative estimate of drug-likeness (QED) is 0.265. The molecule has 0 saturated carbocycles. The Hall–Kier alpha value is -4.45. The largest absolute Gasteiger partial charge is 0.489 e. The van der Waals surface area contributed by atoms with Crippen molar-refractivity contribution in [3.63, 3.8) is 0 Å². The Morgan fingerprint density at radius 1 is 1.10 bits per heavy atom. The first-order valence-corrected chi connectivity index (χ1v) is 12.3. The van der Waals surface area contributed by atoms with E-state index in [1.807, 2.05) is 25.1 Å². The molecule has 1 aromatic carbocycles. The molecule has 0 atom stereocenters. The van der Waals surface area contributed by atoms with Crippen LogP contribution in [-0.2, 0) is 26.4 Å². The minimum Gasteiger partial charge on any atom is -0.489 e. The number of methoxy groups -OCH3 is 1. The summed E-state index contributed by atoms with van der Waals surface area (Å²) in [5.41, 5.74) is 0.616. The second-order valence-electron chi connectivity index (χ2n) is 8.91. The van der Waals surface area contributed by atoms with Crippen LogP contribution >= 0.6 is 11.6 Å². The third-order valence-electron chi connectivity index (χ3n) is 6.30. The van der Waals surface area contributed by atoms with Crippen LogP contribution in [0, 0.1) is 6.92 Å². The normalized spacial score (nSPS) is 11.7. The lowest BCUT2D eigenvalue weighted by Crippen LogP contribution is -2.28. The van der Waals surface area contributed by atoms with E-state index < -0.39 is 17.3 Å². The minimum atomic E-state index is -4.80. The Balaban J connectivity index is 1.51. The molecule has 0 aliphatic heterocycles. The highest BCUT2D eigenvalue weighted by molar-refractivity contribution is 6.31. The van der Waals surface area contributed by atoms with E-state index in [1.165, 1.54) is 25.8 Å². The molecule has 0 fully saturated rings. The number of aromatic nitrogens is 6. The summed E-state index contributed by atoms with van der Waals surface area (Å²) in [6.45, 7) is 1.54. The van der Waals surface area contributed by atoms with Crippen molar-refractivity contribution in [2.45, 2.75) is 26.3 Å². The zero-order valence-electron chi connectivity index (χ0n) is 21.5. The predicted octanol–water partition coefficient (Wildman–Crippen LogP) is 5.20. The Morgan fingerprint density at radius 2 is 1.90 bits per heavy atom. The minimum absolute atomic E-state index is 0.0785. The van der Waals surface area contributed by atoms with Crippen molar-refractivity contribution in [3.05, 3.63) is 92.9 Å². The van der Waals surface area contributed by atoms with Crippen molar-refractivity contribution in [1.82, 2.24) is 29.3 Å². The SMILES string of the molecule is COc1ncc(Cl)c(COc2ccc3nc(C)cc(-c4ncnn4C)c3c2)c1Cn1cccc(C(F)(F)F)c1=O. The number of halogens is 4. The fourth-order valence-electron chi connectivity index (χ4n) is 4.39. The molecule has 5 aromatic rings. The maximum Gasteiger partial charge on any atom is 0.421 e. The third kappa shape index (κ3) is 5.22. The van der Waals surface area contributed by atoms with Gasteiger partial charge in [-0.2, -0.15) is 18.3 Å². The number of aryl methyl sites for hydroxylation is 2. The van der Waals surface area contributed by atoms with E-state index in [4.69, 9.17) is 21.1 Å². The summed E-state index contributed by atoms with van der Waals surface area (Å²) in [5.74, 6) is 1.24. The van der Waals surface area contributed by atoms with Gasteiger partial charge in [0, 0.05) is 47.2 Å². The molecule has 0 spiro atoms. The molecule has 0 N–H and O–H groups in total. The van der Waals surface area contributed by atoms with Crippen LogP contribution in [0.4, 0.5) is 13.2 Å². The zero-order valence-corrected chi connectivity index (χ0v) is 22.3. The number of nitrogens with zero attached hydrogens (tertiary/aromatic N) is 6. The molecule has 0 aliphatic carbocycles. The number of rotatable bonds is 7. The Morgan fingerprint density at radius 3 is 2.60 bits per heavy atom. The highest BCUT2D eigenvalue weighted by Gasteiger charge is 2.34. The summed E-state index contributed by atoms with van der Waals surface area (Å²) in [6.07, 6.45) is -0.713. The fraction of sp³-hybridized carbons (Fsp3) is 0.222. The van der Waals surface area contributed by atoms with Crippen LogP contribution in [0.5, 0.6) is 11.6 Å². The average Bonchev–Trinajstić information content (AvgIpc) is 3.34. The number of hydrogen-bond donors (Lipinski definition) is 0. The summed E-state index contributed by atoms with van der Waals surface area (Å²) < 4.78 is 54.0. The van der Waals surface area contributed by atoms with Gasteiger partial charge in [-0.1, -0.05) is 11.6 Å². The molecule has 0 saturated heterocycles. The highest BCUT2D eigenvalue weighted by atomic mass is 35.5. The average molecular weight is 571 g/mol. The summed E-state index contributed by atoms with van der Waals surface area (Å²) in [4.78, 5) is 25.7. The van der Waals surface area contributed by atoms with Gasteiger partial charge in [0.05, 0.1) is 24.2 Å². The lowest BCUT2D eigenvalue weighted by atomic mass is 10.1. The van der Waals surface area contributed by atoms with Crippen LogP contribution in [0.25, 0.3) is 22.3 Å². The van der Waals surface area contributed by atoms with Gasteiger partial charge in [-0.3, -0.25) is 9.78 Å². The number of pyridine rings is 3. The van der Waals surface area contributed by atoms with Crippen molar-refractivity contribution in [2.24, 2.45) is 7.05 Å². The van der Waals surface area contributed by atoms with Gasteiger partial charge in [0.2, 0.25) is 5.88 Å². The molecular weight excluding hydrogens is 549 g/mol. The number of fused-ring (bicyclic) bond motifs is 1. The van der Waals surface area contributed by atoms with E-state index in [-0.39, 0.29) is 24.1 Å². The maximum absolute atomic E-state index is 13.3. The maximum atomic E-state index is 13.3.